The van der Waals surface area contributed by atoms with Crippen molar-refractivity contribution in [1.82, 2.24) is 24.9 Å². The van der Waals surface area contributed by atoms with Crippen LogP contribution in [0.15, 0.2) is 11.2 Å². The molecule has 0 bridgehead atoms. The summed E-state index contributed by atoms with van der Waals surface area (Å²) in [6, 6.07) is 1.73. The van der Waals surface area contributed by atoms with Crippen LogP contribution in [0.5, 0.6) is 0 Å². The number of halogens is 3. The van der Waals surface area contributed by atoms with E-state index in [1.54, 1.807) is 22.7 Å². The van der Waals surface area contributed by atoms with Gasteiger partial charge in [-0.15, -0.1) is 10.2 Å². The van der Waals surface area contributed by atoms with Gasteiger partial charge in [0.1, 0.15) is 12.4 Å². The number of amides is 1. The van der Waals surface area contributed by atoms with E-state index >= 15 is 0 Å². The molecule has 0 unspecified atom stereocenters. The number of thioether (sulfide) groups is 1. The van der Waals surface area contributed by atoms with E-state index in [2.05, 4.69) is 15.2 Å². The van der Waals surface area contributed by atoms with Crippen molar-refractivity contribution in [3.05, 3.63) is 17.6 Å². The maximum Gasteiger partial charge on any atom is 0.405 e. The molecule has 0 spiro atoms. The van der Waals surface area contributed by atoms with Gasteiger partial charge >= 0.3 is 6.18 Å². The molecule has 0 aromatic carbocycles. The standard InChI is InChI=1S/C11H12F3N5OS/c1-6-3-8-17-18-10(19(8)7(2)16-6)21-4-9(20)15-5-11(12,13)14/h3H,4-5H2,1-2H3,(H,15,20). The van der Waals surface area contributed by atoms with Crippen molar-refractivity contribution in [1.29, 1.82) is 0 Å². The van der Waals surface area contributed by atoms with E-state index in [0.29, 0.717) is 16.6 Å². The predicted molar refractivity (Wildman–Crippen MR) is 70.0 cm³/mol. The highest BCUT2D eigenvalue weighted by molar-refractivity contribution is 7.99. The van der Waals surface area contributed by atoms with Crippen LogP contribution in [0.25, 0.3) is 5.65 Å². The Bertz CT molecular complexity index is 670. The highest BCUT2D eigenvalue weighted by Gasteiger charge is 2.27. The summed E-state index contributed by atoms with van der Waals surface area (Å²) in [5.74, 6) is -0.246. The van der Waals surface area contributed by atoms with E-state index in [-0.39, 0.29) is 5.75 Å². The van der Waals surface area contributed by atoms with Gasteiger partial charge in [0, 0.05) is 11.8 Å². The molecule has 0 saturated carbocycles. The normalized spacial score (nSPS) is 11.9. The molecule has 1 N–H and O–H groups in total. The van der Waals surface area contributed by atoms with Crippen molar-refractivity contribution >= 4 is 23.3 Å². The molecular formula is C11H12F3N5OS. The van der Waals surface area contributed by atoms with E-state index in [1.165, 1.54) is 0 Å². The van der Waals surface area contributed by atoms with Crippen molar-refractivity contribution in [2.75, 3.05) is 12.3 Å². The van der Waals surface area contributed by atoms with Crippen LogP contribution in [0.1, 0.15) is 11.5 Å². The molecule has 0 atom stereocenters. The number of hydrogen-bond acceptors (Lipinski definition) is 5. The van der Waals surface area contributed by atoms with Gasteiger partial charge in [0.15, 0.2) is 10.8 Å². The molecule has 6 nitrogen and oxygen atoms in total. The number of alkyl halides is 3. The van der Waals surface area contributed by atoms with Gasteiger partial charge in [-0.25, -0.2) is 4.98 Å². The van der Waals surface area contributed by atoms with Crippen LogP contribution in [-0.4, -0.2) is 44.0 Å². The Morgan fingerprint density at radius 3 is 2.76 bits per heavy atom. The third kappa shape index (κ3) is 4.06. The van der Waals surface area contributed by atoms with Gasteiger partial charge in [-0.1, -0.05) is 11.8 Å². The number of fused-ring (bicyclic) bond motifs is 1. The van der Waals surface area contributed by atoms with E-state index < -0.39 is 18.6 Å². The molecule has 0 aliphatic heterocycles. The lowest BCUT2D eigenvalue weighted by Crippen LogP contribution is -2.34. The molecule has 0 radical (unpaired) electrons. The number of nitrogens with one attached hydrogen (secondary N) is 1. The van der Waals surface area contributed by atoms with Crippen LogP contribution in [0.2, 0.25) is 0 Å². The highest BCUT2D eigenvalue weighted by atomic mass is 32.2. The molecule has 0 aliphatic rings. The molecule has 21 heavy (non-hydrogen) atoms. The number of hydrogen-bond donors (Lipinski definition) is 1. The number of aromatic nitrogens is 4. The van der Waals surface area contributed by atoms with Crippen LogP contribution in [-0.2, 0) is 4.79 Å². The molecule has 1 amide bonds. The molecule has 0 aliphatic carbocycles. The molecule has 2 heterocycles. The Balaban J connectivity index is 2.03. The van der Waals surface area contributed by atoms with Crippen molar-refractivity contribution in [2.24, 2.45) is 0 Å². The third-order valence-corrected chi connectivity index (χ3v) is 3.41. The van der Waals surface area contributed by atoms with Gasteiger partial charge in [0.25, 0.3) is 0 Å². The average molecular weight is 319 g/mol. The molecule has 2 aromatic heterocycles. The van der Waals surface area contributed by atoms with Gasteiger partial charge in [0.2, 0.25) is 5.91 Å². The van der Waals surface area contributed by atoms with Crippen LogP contribution in [0.3, 0.4) is 0 Å². The van der Waals surface area contributed by atoms with Crippen LogP contribution in [0.4, 0.5) is 13.2 Å². The number of aryl methyl sites for hydroxylation is 2. The average Bonchev–Trinajstić information content (AvgIpc) is 2.76. The zero-order valence-corrected chi connectivity index (χ0v) is 12.0. The smallest absolute Gasteiger partial charge is 0.346 e. The highest BCUT2D eigenvalue weighted by Crippen LogP contribution is 2.18. The maximum absolute atomic E-state index is 12.0. The molecule has 2 aromatic rings. The van der Waals surface area contributed by atoms with Crippen molar-refractivity contribution in [2.45, 2.75) is 25.2 Å². The number of rotatable bonds is 4. The Morgan fingerprint density at radius 1 is 1.38 bits per heavy atom. The minimum atomic E-state index is -4.42. The first kappa shape index (κ1) is 15.5. The maximum atomic E-state index is 12.0. The van der Waals surface area contributed by atoms with Gasteiger partial charge < -0.3 is 5.32 Å². The zero-order chi connectivity index (χ0) is 15.6. The minimum Gasteiger partial charge on any atom is -0.346 e. The fraction of sp³-hybridized carbons (Fsp3) is 0.455. The predicted octanol–water partition coefficient (Wildman–Crippen LogP) is 1.51. The topological polar surface area (TPSA) is 72.2 Å². The quantitative estimate of drug-likeness (QED) is 0.865. The second-order valence-electron chi connectivity index (χ2n) is 4.30. The first-order valence-corrected chi connectivity index (χ1v) is 6.90. The molecule has 0 fully saturated rings. The molecule has 0 saturated heterocycles. The summed E-state index contributed by atoms with van der Waals surface area (Å²) in [5.41, 5.74) is 1.37. The van der Waals surface area contributed by atoms with Gasteiger partial charge in [0.05, 0.1) is 5.75 Å². The summed E-state index contributed by atoms with van der Waals surface area (Å²) in [5, 5.41) is 10.1. The Hall–Kier alpha value is -1.84. The number of nitrogens with zero attached hydrogens (tertiary/aromatic N) is 4. The Morgan fingerprint density at radius 2 is 2.10 bits per heavy atom. The second kappa shape index (κ2) is 5.88. The van der Waals surface area contributed by atoms with Crippen LogP contribution in [0, 0.1) is 13.8 Å². The van der Waals surface area contributed by atoms with Crippen LogP contribution >= 0.6 is 11.8 Å². The zero-order valence-electron chi connectivity index (χ0n) is 11.2. The summed E-state index contributed by atoms with van der Waals surface area (Å²) in [6.07, 6.45) is -4.42. The molecule has 2 rings (SSSR count). The Labute approximate surface area is 122 Å². The van der Waals surface area contributed by atoms with E-state index in [0.717, 1.165) is 17.5 Å². The summed E-state index contributed by atoms with van der Waals surface area (Å²) < 4.78 is 37.6. The second-order valence-corrected chi connectivity index (χ2v) is 5.24. The lowest BCUT2D eigenvalue weighted by atomic mass is 10.4. The van der Waals surface area contributed by atoms with Crippen molar-refractivity contribution in [3.8, 4) is 0 Å². The monoisotopic (exact) mass is 319 g/mol. The van der Waals surface area contributed by atoms with Gasteiger partial charge in [-0.05, 0) is 13.8 Å². The Kier molecular flexibility index (Phi) is 4.35. The molecular weight excluding hydrogens is 307 g/mol. The molecule has 114 valence electrons. The SMILES string of the molecule is Cc1cc2nnc(SCC(=O)NCC(F)(F)F)n2c(C)n1. The fourth-order valence-electron chi connectivity index (χ4n) is 1.68. The summed E-state index contributed by atoms with van der Waals surface area (Å²) in [6.45, 7) is 2.24. The summed E-state index contributed by atoms with van der Waals surface area (Å²) in [7, 11) is 0. The van der Waals surface area contributed by atoms with Gasteiger partial charge in [-0.2, -0.15) is 13.2 Å². The van der Waals surface area contributed by atoms with E-state index in [1.807, 2.05) is 6.92 Å². The largest absolute Gasteiger partial charge is 0.405 e. The first-order chi connectivity index (χ1) is 9.76. The third-order valence-electron chi connectivity index (χ3n) is 2.48. The fourth-order valence-corrected chi connectivity index (χ4v) is 2.49. The van der Waals surface area contributed by atoms with Crippen molar-refractivity contribution in [3.63, 3.8) is 0 Å². The summed E-state index contributed by atoms with van der Waals surface area (Å²) in [4.78, 5) is 15.6. The van der Waals surface area contributed by atoms with E-state index in [9.17, 15) is 18.0 Å². The number of carbonyl (C=O) groups is 1. The van der Waals surface area contributed by atoms with Gasteiger partial charge in [-0.3, -0.25) is 9.20 Å². The van der Waals surface area contributed by atoms with Crippen LogP contribution < -0.4 is 5.32 Å². The van der Waals surface area contributed by atoms with E-state index in [4.69, 9.17) is 0 Å². The molecule has 10 heteroatoms. The first-order valence-electron chi connectivity index (χ1n) is 5.92. The lowest BCUT2D eigenvalue weighted by Gasteiger charge is -2.08. The lowest BCUT2D eigenvalue weighted by molar-refractivity contribution is -0.136. The minimum absolute atomic E-state index is 0.176. The van der Waals surface area contributed by atoms with Crippen molar-refractivity contribution < 1.29 is 18.0 Å². The summed E-state index contributed by atoms with van der Waals surface area (Å²) >= 11 is 1.01. The number of carbonyl (C=O) groups excluding carboxylic acids is 1.